The van der Waals surface area contributed by atoms with Gasteiger partial charge in [-0.3, -0.25) is 0 Å². The van der Waals surface area contributed by atoms with Crippen LogP contribution in [0.1, 0.15) is 38.3 Å². The molecule has 0 bridgehead atoms. The third kappa shape index (κ3) is 6.62. The lowest BCUT2D eigenvalue weighted by Gasteiger charge is -2.24. The van der Waals surface area contributed by atoms with E-state index in [1.807, 2.05) is 18.9 Å². The predicted octanol–water partition coefficient (Wildman–Crippen LogP) is 4.86. The highest BCUT2D eigenvalue weighted by Gasteiger charge is 2.21. The maximum atomic E-state index is 6.17. The van der Waals surface area contributed by atoms with E-state index in [9.17, 15) is 0 Å². The van der Waals surface area contributed by atoms with E-state index in [4.69, 9.17) is 40.6 Å². The second kappa shape index (κ2) is 10.9. The smallest absolute Gasteiger partial charge is 0.206 e. The zero-order valence-electron chi connectivity index (χ0n) is 17.9. The van der Waals surface area contributed by atoms with E-state index in [0.29, 0.717) is 27.1 Å². The summed E-state index contributed by atoms with van der Waals surface area (Å²) >= 11 is 12.0. The van der Waals surface area contributed by atoms with Crippen LogP contribution in [0.25, 0.3) is 0 Å². The minimum Gasteiger partial charge on any atom is -0.475 e. The third-order valence-electron chi connectivity index (χ3n) is 5.03. The first kappa shape index (κ1) is 23.4. The number of benzene rings is 1. The van der Waals surface area contributed by atoms with Gasteiger partial charge in [0.05, 0.1) is 28.5 Å². The van der Waals surface area contributed by atoms with Crippen molar-refractivity contribution in [2.24, 2.45) is 10.1 Å². The molecule has 9 heteroatoms. The van der Waals surface area contributed by atoms with Crippen LogP contribution in [0, 0.1) is 6.92 Å². The molecule has 1 aliphatic rings. The van der Waals surface area contributed by atoms with E-state index < -0.39 is 0 Å². The third-order valence-corrected chi connectivity index (χ3v) is 5.56. The Kier molecular flexibility index (Phi) is 8.21. The molecule has 0 aliphatic heterocycles. The van der Waals surface area contributed by atoms with E-state index in [1.165, 1.54) is 0 Å². The number of pyridine rings is 1. The zero-order chi connectivity index (χ0) is 22.4. The van der Waals surface area contributed by atoms with E-state index in [2.05, 4.69) is 22.1 Å². The topological polar surface area (TPSA) is 59.3 Å². The van der Waals surface area contributed by atoms with Gasteiger partial charge in [-0.1, -0.05) is 28.4 Å². The summed E-state index contributed by atoms with van der Waals surface area (Å²) in [7, 11) is 8.13. The molecule has 1 fully saturated rings. The van der Waals surface area contributed by atoms with Crippen molar-refractivity contribution >= 4 is 54.2 Å². The summed E-state index contributed by atoms with van der Waals surface area (Å²) in [6, 6.07) is 6.85. The van der Waals surface area contributed by atoms with Gasteiger partial charge < -0.3 is 14.5 Å². The second-order valence-electron chi connectivity index (χ2n) is 7.45. The normalized spacial score (nSPS) is 16.4. The van der Waals surface area contributed by atoms with Crippen LogP contribution in [0.2, 0.25) is 10.0 Å². The highest BCUT2D eigenvalue weighted by atomic mass is 35.5. The number of oxime groups is 1. The Hall–Kier alpha value is -2.25. The molecule has 2 aromatic rings. The van der Waals surface area contributed by atoms with Crippen LogP contribution >= 0.6 is 23.2 Å². The van der Waals surface area contributed by atoms with Gasteiger partial charge in [-0.25, -0.2) is 9.98 Å². The molecule has 1 aliphatic carbocycles. The lowest BCUT2D eigenvalue weighted by Crippen LogP contribution is -2.27. The summed E-state index contributed by atoms with van der Waals surface area (Å²) in [5.74, 6) is 0.937. The summed E-state index contributed by atoms with van der Waals surface area (Å²) in [4.78, 5) is 16.4. The Morgan fingerprint density at radius 1 is 1.26 bits per heavy atom. The fourth-order valence-electron chi connectivity index (χ4n) is 3.01. The number of nitrogens with zero attached hydrogens (tertiary/aromatic N) is 4. The number of hydrogen-bond acceptors (Lipinski definition) is 5. The molecular weight excluding hydrogens is 434 g/mol. The fraction of sp³-hybridized carbons (Fsp3) is 0.409. The lowest BCUT2D eigenvalue weighted by atomic mass is 9.94. The Balaban J connectivity index is 1.57. The van der Waals surface area contributed by atoms with E-state index in [0.717, 1.165) is 49.3 Å². The Morgan fingerprint density at radius 3 is 2.68 bits per heavy atom. The molecule has 6 nitrogen and oxygen atoms in total. The van der Waals surface area contributed by atoms with Crippen molar-refractivity contribution in [3.8, 4) is 11.6 Å². The van der Waals surface area contributed by atoms with Crippen LogP contribution < -0.4 is 15.0 Å². The van der Waals surface area contributed by atoms with Crippen LogP contribution in [-0.2, 0) is 0 Å². The van der Waals surface area contributed by atoms with Crippen LogP contribution in [0.5, 0.6) is 11.6 Å². The first-order chi connectivity index (χ1) is 14.9. The average Bonchev–Trinajstić information content (AvgIpc) is 2.75. The van der Waals surface area contributed by atoms with Gasteiger partial charge in [-0.05, 0) is 69.3 Å². The van der Waals surface area contributed by atoms with Crippen molar-refractivity contribution < 1.29 is 9.57 Å². The molecule has 0 amide bonds. The molecule has 1 aromatic carbocycles. The number of ether oxygens (including phenoxy) is 1. The molecule has 0 spiro atoms. The zero-order valence-corrected chi connectivity index (χ0v) is 19.5. The van der Waals surface area contributed by atoms with Crippen molar-refractivity contribution in [3.63, 3.8) is 0 Å². The number of aromatic nitrogens is 1. The van der Waals surface area contributed by atoms with Crippen molar-refractivity contribution in [3.05, 3.63) is 40.0 Å². The summed E-state index contributed by atoms with van der Waals surface area (Å²) in [5.41, 5.74) is 2.96. The van der Waals surface area contributed by atoms with Crippen LogP contribution in [0.3, 0.4) is 0 Å². The number of rotatable bonds is 7. The van der Waals surface area contributed by atoms with Gasteiger partial charge in [0, 0.05) is 18.6 Å². The van der Waals surface area contributed by atoms with Crippen molar-refractivity contribution in [1.82, 2.24) is 9.88 Å². The van der Waals surface area contributed by atoms with Gasteiger partial charge in [-0.15, -0.1) is 0 Å². The molecule has 31 heavy (non-hydrogen) atoms. The van der Waals surface area contributed by atoms with Gasteiger partial charge in [0.15, 0.2) is 5.75 Å². The average molecular weight is 459 g/mol. The molecular formula is C22H25BCl2N4O2. The molecule has 1 heterocycles. The van der Waals surface area contributed by atoms with Crippen molar-refractivity contribution in [1.29, 1.82) is 0 Å². The molecule has 2 radical (unpaired) electrons. The molecule has 0 unspecified atom stereocenters. The summed E-state index contributed by atoms with van der Waals surface area (Å²) in [6.45, 7) is 4.83. The molecule has 1 saturated carbocycles. The van der Waals surface area contributed by atoms with E-state index in [-0.39, 0.29) is 6.10 Å². The van der Waals surface area contributed by atoms with E-state index in [1.54, 1.807) is 30.6 Å². The molecule has 0 atom stereocenters. The van der Waals surface area contributed by atoms with Crippen LogP contribution in [0.15, 0.2) is 34.4 Å². The van der Waals surface area contributed by atoms with Gasteiger partial charge in [0.1, 0.15) is 14.0 Å². The first-order valence-electron chi connectivity index (χ1n) is 10.2. The second-order valence-corrected chi connectivity index (χ2v) is 8.29. The van der Waals surface area contributed by atoms with Gasteiger partial charge in [0.25, 0.3) is 0 Å². The monoisotopic (exact) mass is 458 g/mol. The lowest BCUT2D eigenvalue weighted by molar-refractivity contribution is 0.171. The summed E-state index contributed by atoms with van der Waals surface area (Å²) in [6.07, 6.45) is 4.93. The number of halogens is 2. The Bertz CT molecular complexity index is 974. The molecule has 162 valence electrons. The number of hydrogen-bond donors (Lipinski definition) is 0. The standard InChI is InChI=1S/C22H25BCl2N4O2/c1-4-29(3)13-26-20-12-18(23)22(27-14(20)2)30-17-8-6-16(7-9-17)28-31-21-10-5-15(24)11-19(21)25/h5,10-13,17H,4,6-9H2,1-3H3. The molecule has 1 aromatic heterocycles. The maximum Gasteiger partial charge on any atom is 0.206 e. The SMILES string of the molecule is [B]c1cc(N=CN(C)CC)c(C)nc1OC1CCC(=NOc2ccc(Cl)cc2Cl)CC1. The number of aliphatic imine (C=N–C) groups is 1. The summed E-state index contributed by atoms with van der Waals surface area (Å²) in [5, 5.41) is 5.23. The maximum absolute atomic E-state index is 6.17. The Morgan fingerprint density at radius 2 is 2.00 bits per heavy atom. The predicted molar refractivity (Wildman–Crippen MR) is 128 cm³/mol. The fourth-order valence-corrected chi connectivity index (χ4v) is 3.45. The summed E-state index contributed by atoms with van der Waals surface area (Å²) < 4.78 is 6.08. The van der Waals surface area contributed by atoms with Crippen LogP contribution in [0.4, 0.5) is 5.69 Å². The highest BCUT2D eigenvalue weighted by Crippen LogP contribution is 2.28. The molecule has 0 N–H and O–H groups in total. The minimum atomic E-state index is 0.0212. The minimum absolute atomic E-state index is 0.0212. The van der Waals surface area contributed by atoms with E-state index >= 15 is 0 Å². The highest BCUT2D eigenvalue weighted by molar-refractivity contribution is 6.35. The largest absolute Gasteiger partial charge is 0.475 e. The van der Waals surface area contributed by atoms with Crippen molar-refractivity contribution in [2.75, 3.05) is 13.6 Å². The molecule has 0 saturated heterocycles. The Labute approximate surface area is 194 Å². The molecule has 3 rings (SSSR count). The number of aryl methyl sites for hydroxylation is 1. The van der Waals surface area contributed by atoms with Crippen molar-refractivity contribution in [2.45, 2.75) is 45.6 Å². The van der Waals surface area contributed by atoms with Gasteiger partial charge >= 0.3 is 0 Å². The van der Waals surface area contributed by atoms with Gasteiger partial charge in [-0.2, -0.15) is 0 Å². The van der Waals surface area contributed by atoms with Gasteiger partial charge in [0.2, 0.25) is 5.88 Å². The quantitative estimate of drug-likeness (QED) is 0.257. The van der Waals surface area contributed by atoms with Crippen LogP contribution in [-0.4, -0.2) is 49.5 Å². The first-order valence-corrected chi connectivity index (χ1v) is 11.0.